The number of rotatable bonds is 10. The maximum atomic E-state index is 13.0. The van der Waals surface area contributed by atoms with Gasteiger partial charge in [-0.25, -0.2) is 13.4 Å². The summed E-state index contributed by atoms with van der Waals surface area (Å²) in [4.78, 5) is 11.8. The number of para-hydroxylation sites is 1. The topological polar surface area (TPSA) is 106 Å². The van der Waals surface area contributed by atoms with Gasteiger partial charge in [-0.1, -0.05) is 29.8 Å². The van der Waals surface area contributed by atoms with E-state index in [-0.39, 0.29) is 21.8 Å². The van der Waals surface area contributed by atoms with Gasteiger partial charge in [-0.05, 0) is 95.9 Å². The summed E-state index contributed by atoms with van der Waals surface area (Å²) in [7, 11) is -3.54. The Morgan fingerprint density at radius 2 is 1.80 bits per heavy atom. The standard InChI is InChI=1S/C33H42ClN5O4S/c1-19(2)43-30-15-26(24-13-22(6)39(23(7)14-24)25-17-42-18-25)21(5)12-29(30)37-33-35-16-27(34)32(38-33)36-28-10-8-9-11-31(28)44(40,41)20(3)4/h8-13,15-16,19-20,22-23,25H,14,17-18H2,1-7H3,(H2,35,36,37,38)/t22-,23-/m1/s1. The van der Waals surface area contributed by atoms with E-state index in [0.717, 1.165) is 36.4 Å². The molecule has 0 amide bonds. The van der Waals surface area contributed by atoms with Gasteiger partial charge in [0.1, 0.15) is 10.8 Å². The summed E-state index contributed by atoms with van der Waals surface area (Å²) in [6, 6.07) is 12.1. The molecule has 2 aromatic carbocycles. The molecule has 0 bridgehead atoms. The Morgan fingerprint density at radius 1 is 1.07 bits per heavy atom. The van der Waals surface area contributed by atoms with Gasteiger partial charge in [0, 0.05) is 12.1 Å². The van der Waals surface area contributed by atoms with Crippen LogP contribution in [0.5, 0.6) is 5.75 Å². The summed E-state index contributed by atoms with van der Waals surface area (Å²) >= 11 is 6.47. The number of benzene rings is 2. The van der Waals surface area contributed by atoms with E-state index in [1.807, 2.05) is 13.8 Å². The second-order valence-electron chi connectivity index (χ2n) is 12.2. The van der Waals surface area contributed by atoms with Crippen molar-refractivity contribution in [1.29, 1.82) is 0 Å². The third-order valence-corrected chi connectivity index (χ3v) is 10.6. The minimum absolute atomic E-state index is 0.0545. The zero-order valence-corrected chi connectivity index (χ0v) is 28.0. The number of anilines is 4. The lowest BCUT2D eigenvalue weighted by atomic mass is 9.88. The molecule has 9 nitrogen and oxygen atoms in total. The Balaban J connectivity index is 1.45. The number of aryl methyl sites for hydroxylation is 1. The van der Waals surface area contributed by atoms with Gasteiger partial charge >= 0.3 is 0 Å². The van der Waals surface area contributed by atoms with E-state index >= 15 is 0 Å². The molecule has 2 aliphatic rings. The maximum absolute atomic E-state index is 13.0. The maximum Gasteiger partial charge on any atom is 0.229 e. The molecule has 2 atom stereocenters. The number of hydrogen-bond acceptors (Lipinski definition) is 9. The van der Waals surface area contributed by atoms with Gasteiger partial charge < -0.3 is 20.1 Å². The van der Waals surface area contributed by atoms with E-state index in [9.17, 15) is 8.42 Å². The van der Waals surface area contributed by atoms with Crippen molar-refractivity contribution < 1.29 is 17.9 Å². The van der Waals surface area contributed by atoms with Crippen molar-refractivity contribution in [3.63, 3.8) is 0 Å². The molecule has 44 heavy (non-hydrogen) atoms. The zero-order valence-electron chi connectivity index (χ0n) is 26.4. The number of sulfone groups is 1. The number of halogens is 1. The summed E-state index contributed by atoms with van der Waals surface area (Å²) in [5.41, 5.74) is 4.70. The number of nitrogens with one attached hydrogen (secondary N) is 2. The van der Waals surface area contributed by atoms with Crippen LogP contribution in [0.3, 0.4) is 0 Å². The van der Waals surface area contributed by atoms with Crippen LogP contribution in [-0.2, 0) is 14.6 Å². The van der Waals surface area contributed by atoms with Gasteiger partial charge in [-0.3, -0.25) is 4.90 Å². The molecule has 1 saturated heterocycles. The van der Waals surface area contributed by atoms with E-state index in [0.29, 0.717) is 35.5 Å². The lowest BCUT2D eigenvalue weighted by Gasteiger charge is -2.46. The molecule has 2 aliphatic heterocycles. The highest BCUT2D eigenvalue weighted by molar-refractivity contribution is 7.92. The van der Waals surface area contributed by atoms with Gasteiger partial charge in [-0.15, -0.1) is 0 Å². The van der Waals surface area contributed by atoms with Gasteiger partial charge in [0.15, 0.2) is 15.7 Å². The Bertz CT molecular complexity index is 1660. The monoisotopic (exact) mass is 639 g/mol. The van der Waals surface area contributed by atoms with Crippen LogP contribution >= 0.6 is 11.6 Å². The Hall–Kier alpha value is -3.18. The molecule has 2 N–H and O–H groups in total. The van der Waals surface area contributed by atoms with Crippen LogP contribution in [0.4, 0.5) is 23.1 Å². The molecular formula is C33H42ClN5O4S. The predicted octanol–water partition coefficient (Wildman–Crippen LogP) is 7.16. The highest BCUT2D eigenvalue weighted by atomic mass is 35.5. The fourth-order valence-corrected chi connectivity index (χ4v) is 7.22. The fourth-order valence-electron chi connectivity index (χ4n) is 5.88. The predicted molar refractivity (Wildman–Crippen MR) is 177 cm³/mol. The van der Waals surface area contributed by atoms with Crippen molar-refractivity contribution in [3.05, 3.63) is 64.8 Å². The van der Waals surface area contributed by atoms with Gasteiger partial charge in [0.2, 0.25) is 5.95 Å². The summed E-state index contributed by atoms with van der Waals surface area (Å²) < 4.78 is 37.7. The molecule has 236 valence electrons. The molecule has 0 aliphatic carbocycles. The van der Waals surface area contributed by atoms with E-state index in [4.69, 9.17) is 21.1 Å². The molecule has 3 aromatic rings. The smallest absolute Gasteiger partial charge is 0.229 e. The molecule has 0 radical (unpaired) electrons. The van der Waals surface area contributed by atoms with Crippen LogP contribution in [0.15, 0.2) is 53.6 Å². The first-order chi connectivity index (χ1) is 20.8. The van der Waals surface area contributed by atoms with Gasteiger partial charge in [-0.2, -0.15) is 4.98 Å². The molecule has 0 saturated carbocycles. The van der Waals surface area contributed by atoms with Crippen molar-refractivity contribution in [1.82, 2.24) is 14.9 Å². The summed E-state index contributed by atoms with van der Waals surface area (Å²) in [5, 5.41) is 6.10. The number of nitrogens with zero attached hydrogens (tertiary/aromatic N) is 3. The van der Waals surface area contributed by atoms with E-state index in [1.54, 1.807) is 38.1 Å². The highest BCUT2D eigenvalue weighted by Crippen LogP contribution is 2.39. The molecule has 1 fully saturated rings. The molecule has 0 spiro atoms. The summed E-state index contributed by atoms with van der Waals surface area (Å²) in [6.45, 7) is 15.6. The van der Waals surface area contributed by atoms with Crippen molar-refractivity contribution >= 4 is 50.2 Å². The molecule has 11 heteroatoms. The van der Waals surface area contributed by atoms with Gasteiger partial charge in [0.25, 0.3) is 0 Å². The molecular weight excluding hydrogens is 598 g/mol. The van der Waals surface area contributed by atoms with Crippen molar-refractivity contribution in [2.75, 3.05) is 23.8 Å². The Kier molecular flexibility index (Phi) is 9.55. The largest absolute Gasteiger partial charge is 0.489 e. The third-order valence-electron chi connectivity index (χ3n) is 8.07. The first kappa shape index (κ1) is 32.2. The number of hydrogen-bond donors (Lipinski definition) is 2. The summed E-state index contributed by atoms with van der Waals surface area (Å²) in [6.07, 6.45) is 4.74. The van der Waals surface area contributed by atoms with Crippen molar-refractivity contribution in [3.8, 4) is 5.75 Å². The normalized spacial score (nSPS) is 19.5. The first-order valence-corrected chi connectivity index (χ1v) is 17.0. The fraction of sp³-hybridized carbons (Fsp3) is 0.455. The van der Waals surface area contributed by atoms with E-state index in [2.05, 4.69) is 64.5 Å². The lowest BCUT2D eigenvalue weighted by Crippen LogP contribution is -2.56. The molecule has 3 heterocycles. The van der Waals surface area contributed by atoms with Crippen LogP contribution in [0.2, 0.25) is 5.02 Å². The Morgan fingerprint density at radius 3 is 2.43 bits per heavy atom. The minimum atomic E-state index is -3.54. The van der Waals surface area contributed by atoms with E-state index < -0.39 is 15.1 Å². The average Bonchev–Trinajstić information content (AvgIpc) is 2.92. The molecule has 0 unspecified atom stereocenters. The highest BCUT2D eigenvalue weighted by Gasteiger charge is 2.35. The van der Waals surface area contributed by atoms with Gasteiger partial charge in [0.05, 0.1) is 53.1 Å². The SMILES string of the molecule is Cc1cc(Nc2ncc(Cl)c(Nc3ccccc3S(=O)(=O)C(C)C)n2)c(OC(C)C)cc1C1=C[C@@H](C)N(C2COC2)[C@H](C)C1. The first-order valence-electron chi connectivity index (χ1n) is 15.1. The number of ether oxygens (including phenoxy) is 2. The Labute approximate surface area is 266 Å². The number of aromatic nitrogens is 2. The van der Waals surface area contributed by atoms with E-state index in [1.165, 1.54) is 11.8 Å². The van der Waals surface area contributed by atoms with Crippen molar-refractivity contribution in [2.45, 2.75) is 89.3 Å². The van der Waals surface area contributed by atoms with Crippen LogP contribution in [0, 0.1) is 6.92 Å². The van der Waals surface area contributed by atoms with Crippen LogP contribution in [0.25, 0.3) is 5.57 Å². The van der Waals surface area contributed by atoms with Crippen molar-refractivity contribution in [2.24, 2.45) is 0 Å². The zero-order chi connectivity index (χ0) is 31.8. The summed E-state index contributed by atoms with van der Waals surface area (Å²) in [5.74, 6) is 1.27. The second-order valence-corrected chi connectivity index (χ2v) is 15.1. The minimum Gasteiger partial charge on any atom is -0.489 e. The van der Waals surface area contributed by atoms with Crippen LogP contribution in [0.1, 0.15) is 59.1 Å². The quantitative estimate of drug-likeness (QED) is 0.239. The van der Waals surface area contributed by atoms with Crippen LogP contribution in [-0.4, -0.2) is 66.0 Å². The lowest BCUT2D eigenvalue weighted by molar-refractivity contribution is -0.0857. The molecule has 5 rings (SSSR count). The molecule has 1 aromatic heterocycles. The third kappa shape index (κ3) is 6.73. The second kappa shape index (κ2) is 13.0. The average molecular weight is 640 g/mol. The van der Waals surface area contributed by atoms with Crippen LogP contribution < -0.4 is 15.4 Å².